The predicted octanol–water partition coefficient (Wildman–Crippen LogP) is 2.51. The number of nitrogens with one attached hydrogen (secondary N) is 1. The fourth-order valence-electron chi connectivity index (χ4n) is 1.17. The Hall–Kier alpha value is -1.48. The highest BCUT2D eigenvalue weighted by molar-refractivity contribution is 5.85. The van der Waals surface area contributed by atoms with Crippen molar-refractivity contribution in [3.05, 3.63) is 36.7 Å². The molecule has 1 aromatic carbocycles. The number of hydrogen-bond donors (Lipinski definition) is 1. The summed E-state index contributed by atoms with van der Waals surface area (Å²) in [6.45, 7) is 0. The molecule has 0 aliphatic heterocycles. The van der Waals surface area contributed by atoms with Gasteiger partial charge in [-0.05, 0) is 24.3 Å². The molecule has 0 spiro atoms. The Labute approximate surface area is 88.5 Å². The molecule has 0 amide bonds. The summed E-state index contributed by atoms with van der Waals surface area (Å²) in [5.74, 6) is 1.73. The van der Waals surface area contributed by atoms with Crippen LogP contribution in [0.15, 0.2) is 36.7 Å². The Balaban J connectivity index is 0.000000980. The van der Waals surface area contributed by atoms with Crippen LogP contribution < -0.4 is 4.74 Å². The van der Waals surface area contributed by atoms with Crippen molar-refractivity contribution in [3.8, 4) is 17.1 Å². The number of imidazole rings is 1. The van der Waals surface area contributed by atoms with Crippen molar-refractivity contribution in [1.82, 2.24) is 9.97 Å². The molecule has 0 radical (unpaired) electrons. The first-order valence-electron chi connectivity index (χ1n) is 4.04. The van der Waals surface area contributed by atoms with E-state index in [1.54, 1.807) is 19.5 Å². The molecule has 0 saturated carbocycles. The second kappa shape index (κ2) is 4.67. The maximum Gasteiger partial charge on any atom is 0.137 e. The SMILES string of the molecule is COc1ccc(-c2ncc[nH]2)cc1.Cl. The predicted molar refractivity (Wildman–Crippen MR) is 57.8 cm³/mol. The minimum Gasteiger partial charge on any atom is -0.497 e. The Morgan fingerprint density at radius 1 is 1.21 bits per heavy atom. The van der Waals surface area contributed by atoms with Crippen LogP contribution in [0, 0.1) is 0 Å². The largest absolute Gasteiger partial charge is 0.497 e. The molecule has 2 aromatic rings. The number of rotatable bonds is 2. The van der Waals surface area contributed by atoms with Gasteiger partial charge in [0.1, 0.15) is 11.6 Å². The number of nitrogens with zero attached hydrogens (tertiary/aromatic N) is 1. The Morgan fingerprint density at radius 3 is 2.43 bits per heavy atom. The van der Waals surface area contributed by atoms with Crippen LogP contribution in [0.4, 0.5) is 0 Å². The molecule has 0 atom stereocenters. The summed E-state index contributed by atoms with van der Waals surface area (Å²) in [6.07, 6.45) is 3.54. The zero-order valence-electron chi connectivity index (χ0n) is 7.73. The van der Waals surface area contributed by atoms with Crippen molar-refractivity contribution in [3.63, 3.8) is 0 Å². The van der Waals surface area contributed by atoms with Gasteiger partial charge in [-0.3, -0.25) is 0 Å². The molecule has 0 unspecified atom stereocenters. The van der Waals surface area contributed by atoms with Crippen molar-refractivity contribution in [2.24, 2.45) is 0 Å². The van der Waals surface area contributed by atoms with Gasteiger partial charge in [-0.15, -0.1) is 12.4 Å². The zero-order chi connectivity index (χ0) is 9.10. The number of hydrogen-bond acceptors (Lipinski definition) is 2. The molecule has 3 nitrogen and oxygen atoms in total. The minimum absolute atomic E-state index is 0. The zero-order valence-corrected chi connectivity index (χ0v) is 8.54. The lowest BCUT2D eigenvalue weighted by atomic mass is 10.2. The number of aromatic nitrogens is 2. The van der Waals surface area contributed by atoms with Gasteiger partial charge < -0.3 is 9.72 Å². The summed E-state index contributed by atoms with van der Waals surface area (Å²) in [7, 11) is 1.65. The summed E-state index contributed by atoms with van der Waals surface area (Å²) in [6, 6.07) is 7.77. The van der Waals surface area contributed by atoms with Crippen LogP contribution in [0.25, 0.3) is 11.4 Å². The molecule has 0 saturated heterocycles. The summed E-state index contributed by atoms with van der Waals surface area (Å²) in [5, 5.41) is 0. The smallest absolute Gasteiger partial charge is 0.137 e. The first-order chi connectivity index (χ1) is 6.40. The molecular formula is C10H11ClN2O. The third kappa shape index (κ3) is 2.06. The van der Waals surface area contributed by atoms with E-state index < -0.39 is 0 Å². The molecule has 1 heterocycles. The van der Waals surface area contributed by atoms with Crippen molar-refractivity contribution in [2.75, 3.05) is 7.11 Å². The number of H-pyrrole nitrogens is 1. The molecule has 1 aromatic heterocycles. The minimum atomic E-state index is 0. The third-order valence-corrected chi connectivity index (χ3v) is 1.86. The van der Waals surface area contributed by atoms with Gasteiger partial charge in [0, 0.05) is 18.0 Å². The standard InChI is InChI=1S/C10H10N2O.ClH/c1-13-9-4-2-8(3-5-9)10-11-6-7-12-10;/h2-7H,1H3,(H,11,12);1H. The van der Waals surface area contributed by atoms with Crippen molar-refractivity contribution >= 4 is 12.4 Å². The number of benzene rings is 1. The van der Waals surface area contributed by atoms with Gasteiger partial charge in [0.15, 0.2) is 0 Å². The highest BCUT2D eigenvalue weighted by Gasteiger charge is 1.98. The van der Waals surface area contributed by atoms with Crippen molar-refractivity contribution in [2.45, 2.75) is 0 Å². The van der Waals surface area contributed by atoms with Crippen LogP contribution in [0.5, 0.6) is 5.75 Å². The molecular weight excluding hydrogens is 200 g/mol. The fourth-order valence-corrected chi connectivity index (χ4v) is 1.17. The quantitative estimate of drug-likeness (QED) is 0.827. The monoisotopic (exact) mass is 210 g/mol. The number of aromatic amines is 1. The second-order valence-corrected chi connectivity index (χ2v) is 2.67. The summed E-state index contributed by atoms with van der Waals surface area (Å²) in [5.41, 5.74) is 1.06. The van der Waals surface area contributed by atoms with E-state index >= 15 is 0 Å². The summed E-state index contributed by atoms with van der Waals surface area (Å²) in [4.78, 5) is 7.18. The van der Waals surface area contributed by atoms with E-state index in [2.05, 4.69) is 9.97 Å². The molecule has 1 N–H and O–H groups in total. The van der Waals surface area contributed by atoms with E-state index in [1.165, 1.54) is 0 Å². The number of ether oxygens (including phenoxy) is 1. The van der Waals surface area contributed by atoms with Gasteiger partial charge in [-0.25, -0.2) is 4.98 Å². The first-order valence-corrected chi connectivity index (χ1v) is 4.04. The van der Waals surface area contributed by atoms with E-state index in [0.717, 1.165) is 17.1 Å². The van der Waals surface area contributed by atoms with Crippen LogP contribution in [0.2, 0.25) is 0 Å². The highest BCUT2D eigenvalue weighted by Crippen LogP contribution is 2.18. The van der Waals surface area contributed by atoms with Gasteiger partial charge in [-0.2, -0.15) is 0 Å². The van der Waals surface area contributed by atoms with Crippen LogP contribution in [-0.4, -0.2) is 17.1 Å². The van der Waals surface area contributed by atoms with E-state index in [1.807, 2.05) is 24.3 Å². The molecule has 0 aliphatic carbocycles. The second-order valence-electron chi connectivity index (χ2n) is 2.67. The fraction of sp³-hybridized carbons (Fsp3) is 0.100. The van der Waals surface area contributed by atoms with Crippen LogP contribution in [-0.2, 0) is 0 Å². The number of methoxy groups -OCH3 is 1. The van der Waals surface area contributed by atoms with Crippen molar-refractivity contribution in [1.29, 1.82) is 0 Å². The first kappa shape index (κ1) is 10.6. The lowest BCUT2D eigenvalue weighted by Gasteiger charge is -1.99. The van der Waals surface area contributed by atoms with Crippen LogP contribution >= 0.6 is 12.4 Å². The molecule has 74 valence electrons. The molecule has 0 bridgehead atoms. The van der Waals surface area contributed by atoms with Gasteiger partial charge in [0.25, 0.3) is 0 Å². The number of halogens is 1. The van der Waals surface area contributed by atoms with Gasteiger partial charge in [-0.1, -0.05) is 0 Å². The lowest BCUT2D eigenvalue weighted by molar-refractivity contribution is 0.415. The maximum absolute atomic E-state index is 5.06. The summed E-state index contributed by atoms with van der Waals surface area (Å²) >= 11 is 0. The van der Waals surface area contributed by atoms with Gasteiger partial charge in [0.05, 0.1) is 7.11 Å². The Kier molecular flexibility index (Phi) is 3.54. The normalized spacial score (nSPS) is 9.21. The topological polar surface area (TPSA) is 37.9 Å². The average Bonchev–Trinajstić information content (AvgIpc) is 2.71. The molecule has 14 heavy (non-hydrogen) atoms. The van der Waals surface area contributed by atoms with E-state index in [0.29, 0.717) is 0 Å². The van der Waals surface area contributed by atoms with Gasteiger partial charge in [0.2, 0.25) is 0 Å². The van der Waals surface area contributed by atoms with E-state index in [-0.39, 0.29) is 12.4 Å². The molecule has 4 heteroatoms. The molecule has 0 fully saturated rings. The van der Waals surface area contributed by atoms with Crippen LogP contribution in [0.1, 0.15) is 0 Å². The summed E-state index contributed by atoms with van der Waals surface area (Å²) < 4.78 is 5.06. The van der Waals surface area contributed by atoms with E-state index in [4.69, 9.17) is 4.74 Å². The molecule has 2 rings (SSSR count). The lowest BCUT2D eigenvalue weighted by Crippen LogP contribution is -1.83. The Morgan fingerprint density at radius 2 is 1.93 bits per heavy atom. The maximum atomic E-state index is 5.06. The Bertz CT molecular complexity index is 370. The van der Waals surface area contributed by atoms with E-state index in [9.17, 15) is 0 Å². The van der Waals surface area contributed by atoms with Gasteiger partial charge >= 0.3 is 0 Å². The average molecular weight is 211 g/mol. The molecule has 0 aliphatic rings. The van der Waals surface area contributed by atoms with Crippen molar-refractivity contribution < 1.29 is 4.74 Å². The highest BCUT2D eigenvalue weighted by atomic mass is 35.5. The van der Waals surface area contributed by atoms with Crippen LogP contribution in [0.3, 0.4) is 0 Å². The third-order valence-electron chi connectivity index (χ3n) is 1.86.